The summed E-state index contributed by atoms with van der Waals surface area (Å²) in [5.41, 5.74) is 1.95. The van der Waals surface area contributed by atoms with Crippen molar-refractivity contribution in [2.75, 3.05) is 12.4 Å². The summed E-state index contributed by atoms with van der Waals surface area (Å²) >= 11 is 0.571. The smallest absolute Gasteiger partial charge is 0.288 e. The first-order valence-corrected chi connectivity index (χ1v) is 4.74. The lowest BCUT2D eigenvalue weighted by molar-refractivity contribution is 0.252. The van der Waals surface area contributed by atoms with E-state index < -0.39 is 5.76 Å². The molecule has 0 atom stereocenters. The lowest BCUT2D eigenvalue weighted by Gasteiger charge is -2.06. The lowest BCUT2D eigenvalue weighted by atomic mass is 10.2. The molecule has 0 radical (unpaired) electrons. The van der Waals surface area contributed by atoms with Crippen LogP contribution in [0.15, 0.2) is 23.1 Å². The fraction of sp³-hybridized carbons (Fsp3) is 0.333. The van der Waals surface area contributed by atoms with Crippen LogP contribution in [-0.2, 0) is 0 Å². The van der Waals surface area contributed by atoms with Crippen LogP contribution in [0.4, 0.5) is 14.5 Å². The summed E-state index contributed by atoms with van der Waals surface area (Å²) in [6.45, 7) is 1.89. The Morgan fingerprint density at radius 3 is 2.54 bits per heavy atom. The number of thioether (sulfide) groups is 1. The third-order valence-electron chi connectivity index (χ3n) is 1.69. The summed E-state index contributed by atoms with van der Waals surface area (Å²) in [6, 6.07) is 5.25. The minimum absolute atomic E-state index is 0.571. The first kappa shape index (κ1) is 10.3. The number of rotatable bonds is 3. The molecular formula is C9H11F2NS. The predicted molar refractivity (Wildman–Crippen MR) is 52.6 cm³/mol. The van der Waals surface area contributed by atoms with Gasteiger partial charge >= 0.3 is 0 Å². The van der Waals surface area contributed by atoms with Crippen LogP contribution < -0.4 is 5.32 Å². The van der Waals surface area contributed by atoms with E-state index in [4.69, 9.17) is 0 Å². The standard InChI is InChI=1S/C9H11F2NS/c1-6-5-7(13-9(10)11)3-4-8(6)12-2/h3-5,9,12H,1-2H3. The fourth-order valence-electron chi connectivity index (χ4n) is 1.09. The molecule has 0 aliphatic carbocycles. The number of nitrogens with one attached hydrogen (secondary N) is 1. The van der Waals surface area contributed by atoms with E-state index in [1.54, 1.807) is 18.2 Å². The Morgan fingerprint density at radius 1 is 1.38 bits per heavy atom. The third kappa shape index (κ3) is 2.88. The monoisotopic (exact) mass is 203 g/mol. The summed E-state index contributed by atoms with van der Waals surface area (Å²) in [5.74, 6) is -2.35. The molecule has 1 nitrogen and oxygen atoms in total. The summed E-state index contributed by atoms with van der Waals surface area (Å²) < 4.78 is 24.0. The van der Waals surface area contributed by atoms with Gasteiger partial charge in [-0.3, -0.25) is 0 Å². The Bertz CT molecular complexity index is 289. The summed E-state index contributed by atoms with van der Waals surface area (Å²) in [6.07, 6.45) is 0. The van der Waals surface area contributed by atoms with Gasteiger partial charge in [-0.05, 0) is 30.7 Å². The van der Waals surface area contributed by atoms with E-state index in [1.165, 1.54) is 0 Å². The molecule has 0 heterocycles. The molecule has 4 heteroatoms. The van der Waals surface area contributed by atoms with Gasteiger partial charge in [-0.25, -0.2) is 0 Å². The lowest BCUT2D eigenvalue weighted by Crippen LogP contribution is -1.91. The Labute approximate surface area is 80.5 Å². The zero-order valence-electron chi connectivity index (χ0n) is 7.47. The molecule has 1 N–H and O–H groups in total. The van der Waals surface area contributed by atoms with Crippen molar-refractivity contribution < 1.29 is 8.78 Å². The average molecular weight is 203 g/mol. The maximum Gasteiger partial charge on any atom is 0.288 e. The third-order valence-corrected chi connectivity index (χ3v) is 2.40. The summed E-state index contributed by atoms with van der Waals surface area (Å²) in [4.78, 5) is 0.603. The second-order valence-electron chi connectivity index (χ2n) is 2.61. The van der Waals surface area contributed by atoms with Gasteiger partial charge in [0.15, 0.2) is 0 Å². The molecular weight excluding hydrogens is 192 g/mol. The Balaban J connectivity index is 2.83. The maximum atomic E-state index is 12.0. The van der Waals surface area contributed by atoms with Gasteiger partial charge in [0.05, 0.1) is 0 Å². The second kappa shape index (κ2) is 4.46. The van der Waals surface area contributed by atoms with Crippen LogP contribution >= 0.6 is 11.8 Å². The van der Waals surface area contributed by atoms with E-state index in [1.807, 2.05) is 14.0 Å². The molecule has 0 bridgehead atoms. The first-order chi connectivity index (χ1) is 6.13. The van der Waals surface area contributed by atoms with Gasteiger partial charge in [-0.15, -0.1) is 0 Å². The van der Waals surface area contributed by atoms with E-state index in [9.17, 15) is 8.78 Å². The van der Waals surface area contributed by atoms with E-state index in [0.29, 0.717) is 16.7 Å². The SMILES string of the molecule is CNc1ccc(SC(F)F)cc1C. The van der Waals surface area contributed by atoms with Crippen molar-refractivity contribution in [2.45, 2.75) is 17.6 Å². The molecule has 1 aromatic carbocycles. The summed E-state index contributed by atoms with van der Waals surface area (Å²) in [5, 5.41) is 2.98. The molecule has 72 valence electrons. The first-order valence-electron chi connectivity index (χ1n) is 3.86. The van der Waals surface area contributed by atoms with E-state index >= 15 is 0 Å². The van der Waals surface area contributed by atoms with Gasteiger partial charge in [-0.2, -0.15) is 8.78 Å². The quantitative estimate of drug-likeness (QED) is 0.756. The molecule has 0 amide bonds. The highest BCUT2D eigenvalue weighted by atomic mass is 32.2. The average Bonchev–Trinajstić information content (AvgIpc) is 2.03. The fourth-order valence-corrected chi connectivity index (χ4v) is 1.69. The van der Waals surface area contributed by atoms with Gasteiger partial charge < -0.3 is 5.32 Å². The molecule has 0 aliphatic rings. The maximum absolute atomic E-state index is 12.0. The number of hydrogen-bond acceptors (Lipinski definition) is 2. The van der Waals surface area contributed by atoms with Crippen molar-refractivity contribution in [3.05, 3.63) is 23.8 Å². The molecule has 0 saturated carbocycles. The topological polar surface area (TPSA) is 12.0 Å². The predicted octanol–water partition coefficient (Wildman–Crippen LogP) is 3.35. The molecule has 0 saturated heterocycles. The highest BCUT2D eigenvalue weighted by Crippen LogP contribution is 2.28. The van der Waals surface area contributed by atoms with E-state index in [-0.39, 0.29) is 0 Å². The zero-order chi connectivity index (χ0) is 9.84. The van der Waals surface area contributed by atoms with Crippen LogP contribution in [0, 0.1) is 6.92 Å². The molecule has 0 aliphatic heterocycles. The van der Waals surface area contributed by atoms with Crippen LogP contribution in [0.1, 0.15) is 5.56 Å². The normalized spacial score (nSPS) is 10.5. The van der Waals surface area contributed by atoms with Gasteiger partial charge in [0.25, 0.3) is 5.76 Å². The number of halogens is 2. The number of alkyl halides is 2. The Morgan fingerprint density at radius 2 is 2.08 bits per heavy atom. The molecule has 0 unspecified atom stereocenters. The number of benzene rings is 1. The van der Waals surface area contributed by atoms with Crippen molar-refractivity contribution in [1.29, 1.82) is 0 Å². The van der Waals surface area contributed by atoms with Crippen molar-refractivity contribution >= 4 is 17.4 Å². The van der Waals surface area contributed by atoms with Gasteiger partial charge in [0.2, 0.25) is 0 Å². The van der Waals surface area contributed by atoms with Gasteiger partial charge in [0, 0.05) is 17.6 Å². The molecule has 1 aromatic rings. The Kier molecular flexibility index (Phi) is 3.54. The van der Waals surface area contributed by atoms with Crippen LogP contribution in [-0.4, -0.2) is 12.8 Å². The minimum Gasteiger partial charge on any atom is -0.388 e. The van der Waals surface area contributed by atoms with Crippen molar-refractivity contribution in [2.24, 2.45) is 0 Å². The van der Waals surface area contributed by atoms with Crippen molar-refractivity contribution in [1.82, 2.24) is 0 Å². The number of aryl methyl sites for hydroxylation is 1. The summed E-state index contributed by atoms with van der Waals surface area (Å²) in [7, 11) is 1.81. The highest BCUT2D eigenvalue weighted by Gasteiger charge is 2.05. The van der Waals surface area contributed by atoms with Crippen LogP contribution in [0.2, 0.25) is 0 Å². The minimum atomic E-state index is -2.35. The van der Waals surface area contributed by atoms with Crippen LogP contribution in [0.25, 0.3) is 0 Å². The van der Waals surface area contributed by atoms with Crippen molar-refractivity contribution in [3.8, 4) is 0 Å². The molecule has 0 spiro atoms. The molecule has 13 heavy (non-hydrogen) atoms. The highest BCUT2D eigenvalue weighted by molar-refractivity contribution is 7.99. The number of anilines is 1. The largest absolute Gasteiger partial charge is 0.388 e. The molecule has 1 rings (SSSR count). The Hall–Kier alpha value is -0.770. The van der Waals surface area contributed by atoms with E-state index in [2.05, 4.69) is 5.32 Å². The van der Waals surface area contributed by atoms with Crippen molar-refractivity contribution in [3.63, 3.8) is 0 Å². The van der Waals surface area contributed by atoms with Gasteiger partial charge in [-0.1, -0.05) is 11.8 Å². The van der Waals surface area contributed by atoms with E-state index in [0.717, 1.165) is 11.3 Å². The van der Waals surface area contributed by atoms with Gasteiger partial charge in [0.1, 0.15) is 0 Å². The second-order valence-corrected chi connectivity index (χ2v) is 3.67. The van der Waals surface area contributed by atoms with Crippen LogP contribution in [0.5, 0.6) is 0 Å². The zero-order valence-corrected chi connectivity index (χ0v) is 8.29. The van der Waals surface area contributed by atoms with Crippen LogP contribution in [0.3, 0.4) is 0 Å². The molecule has 0 aromatic heterocycles. The number of hydrogen-bond donors (Lipinski definition) is 1. The molecule has 0 fully saturated rings.